The minimum atomic E-state index is -0.607. The molecule has 0 heterocycles. The molecule has 88 valence electrons. The molecule has 0 aliphatic heterocycles. The van der Waals surface area contributed by atoms with Crippen LogP contribution in [0.5, 0.6) is 0 Å². The molecule has 1 nitrogen and oxygen atoms in total. The normalized spacial score (nSPS) is 35.0. The van der Waals surface area contributed by atoms with Crippen molar-refractivity contribution in [1.82, 2.24) is 0 Å². The van der Waals surface area contributed by atoms with Gasteiger partial charge in [0.05, 0.1) is 5.60 Å². The lowest BCUT2D eigenvalue weighted by molar-refractivity contribution is -0.0627. The first-order valence-electron chi connectivity index (χ1n) is 6.32. The zero-order valence-corrected chi connectivity index (χ0v) is 10.5. The molecule has 0 bridgehead atoms. The highest BCUT2D eigenvalue weighted by Gasteiger charge is 2.40. The second-order valence-electron chi connectivity index (χ2n) is 5.58. The third kappa shape index (κ3) is 2.01. The first-order chi connectivity index (χ1) is 7.52. The van der Waals surface area contributed by atoms with Crippen molar-refractivity contribution in [2.24, 2.45) is 11.8 Å². The summed E-state index contributed by atoms with van der Waals surface area (Å²) in [5.74, 6) is 0.993. The van der Waals surface area contributed by atoms with Gasteiger partial charge in [0.2, 0.25) is 0 Å². The van der Waals surface area contributed by atoms with E-state index in [4.69, 9.17) is 0 Å². The SMILES string of the molecule is Cc1cccc(C2(O)CC(C)CCC2C)c1. The van der Waals surface area contributed by atoms with Crippen LogP contribution in [0.25, 0.3) is 0 Å². The van der Waals surface area contributed by atoms with Crippen molar-refractivity contribution in [3.05, 3.63) is 35.4 Å². The van der Waals surface area contributed by atoms with Gasteiger partial charge in [0.1, 0.15) is 0 Å². The van der Waals surface area contributed by atoms with Crippen LogP contribution in [0.4, 0.5) is 0 Å². The van der Waals surface area contributed by atoms with E-state index in [9.17, 15) is 5.11 Å². The van der Waals surface area contributed by atoms with Gasteiger partial charge in [-0.3, -0.25) is 0 Å². The van der Waals surface area contributed by atoms with Gasteiger partial charge in [-0.2, -0.15) is 0 Å². The summed E-state index contributed by atoms with van der Waals surface area (Å²) in [5, 5.41) is 10.9. The Morgan fingerprint density at radius 3 is 2.69 bits per heavy atom. The van der Waals surface area contributed by atoms with E-state index in [1.165, 1.54) is 12.0 Å². The minimum Gasteiger partial charge on any atom is -0.385 e. The lowest BCUT2D eigenvalue weighted by Gasteiger charge is -2.41. The zero-order valence-electron chi connectivity index (χ0n) is 10.5. The number of aryl methyl sites for hydroxylation is 1. The quantitative estimate of drug-likeness (QED) is 0.763. The van der Waals surface area contributed by atoms with Gasteiger partial charge >= 0.3 is 0 Å². The first-order valence-corrected chi connectivity index (χ1v) is 6.32. The van der Waals surface area contributed by atoms with Gasteiger partial charge in [0.25, 0.3) is 0 Å². The van der Waals surface area contributed by atoms with E-state index < -0.39 is 5.60 Å². The molecule has 0 saturated heterocycles. The first kappa shape index (κ1) is 11.7. The van der Waals surface area contributed by atoms with Crippen LogP contribution in [0.2, 0.25) is 0 Å². The predicted octanol–water partition coefficient (Wildman–Crippen LogP) is 3.64. The van der Waals surface area contributed by atoms with E-state index in [-0.39, 0.29) is 0 Å². The fraction of sp³-hybridized carbons (Fsp3) is 0.600. The number of benzene rings is 1. The molecule has 0 spiro atoms. The molecule has 16 heavy (non-hydrogen) atoms. The molecule has 1 saturated carbocycles. The standard InChI is InChI=1S/C15H22O/c1-11-5-4-6-14(9-11)15(16)10-12(2)7-8-13(15)3/h4-6,9,12-13,16H,7-8,10H2,1-3H3. The average molecular weight is 218 g/mol. The largest absolute Gasteiger partial charge is 0.385 e. The van der Waals surface area contributed by atoms with Crippen LogP contribution >= 0.6 is 0 Å². The van der Waals surface area contributed by atoms with Gasteiger partial charge in [0, 0.05) is 0 Å². The van der Waals surface area contributed by atoms with Crippen molar-refractivity contribution in [3.63, 3.8) is 0 Å². The Morgan fingerprint density at radius 1 is 1.25 bits per heavy atom. The van der Waals surface area contributed by atoms with Gasteiger partial charge in [-0.15, -0.1) is 0 Å². The highest BCUT2D eigenvalue weighted by atomic mass is 16.3. The Labute approximate surface area is 98.5 Å². The fourth-order valence-corrected chi connectivity index (χ4v) is 2.92. The molecule has 1 aliphatic rings. The van der Waals surface area contributed by atoms with E-state index in [0.717, 1.165) is 18.4 Å². The van der Waals surface area contributed by atoms with Crippen molar-refractivity contribution in [2.45, 2.75) is 45.6 Å². The van der Waals surface area contributed by atoms with E-state index >= 15 is 0 Å². The molecule has 0 radical (unpaired) electrons. The Bertz CT molecular complexity index is 371. The molecule has 1 N–H and O–H groups in total. The summed E-state index contributed by atoms with van der Waals surface area (Å²) in [4.78, 5) is 0. The van der Waals surface area contributed by atoms with Crippen LogP contribution < -0.4 is 0 Å². The molecule has 3 unspecified atom stereocenters. The lowest BCUT2D eigenvalue weighted by Crippen LogP contribution is -2.39. The van der Waals surface area contributed by atoms with E-state index in [0.29, 0.717) is 11.8 Å². The number of hydrogen-bond donors (Lipinski definition) is 1. The molecule has 1 aliphatic carbocycles. The van der Waals surface area contributed by atoms with Crippen molar-refractivity contribution >= 4 is 0 Å². The molecule has 1 fully saturated rings. The summed E-state index contributed by atoms with van der Waals surface area (Å²) in [6.07, 6.45) is 3.28. The van der Waals surface area contributed by atoms with E-state index in [1.54, 1.807) is 0 Å². The Morgan fingerprint density at radius 2 is 2.00 bits per heavy atom. The molecular formula is C15H22O. The third-order valence-electron chi connectivity index (χ3n) is 4.09. The van der Waals surface area contributed by atoms with Gasteiger partial charge in [-0.25, -0.2) is 0 Å². The predicted molar refractivity (Wildman–Crippen MR) is 67.3 cm³/mol. The Balaban J connectivity index is 2.35. The molecule has 0 aromatic heterocycles. The third-order valence-corrected chi connectivity index (χ3v) is 4.09. The molecule has 0 amide bonds. The number of rotatable bonds is 1. The maximum atomic E-state index is 10.9. The van der Waals surface area contributed by atoms with Crippen molar-refractivity contribution in [3.8, 4) is 0 Å². The molecule has 3 atom stereocenters. The average Bonchev–Trinajstić information content (AvgIpc) is 2.24. The van der Waals surface area contributed by atoms with E-state index in [1.807, 2.05) is 0 Å². The summed E-state index contributed by atoms with van der Waals surface area (Å²) >= 11 is 0. The fourth-order valence-electron chi connectivity index (χ4n) is 2.92. The van der Waals surface area contributed by atoms with Crippen molar-refractivity contribution in [1.29, 1.82) is 0 Å². The van der Waals surface area contributed by atoms with Crippen LogP contribution in [0.15, 0.2) is 24.3 Å². The maximum Gasteiger partial charge on any atom is 0.0924 e. The van der Waals surface area contributed by atoms with Gasteiger partial charge in [0.15, 0.2) is 0 Å². The van der Waals surface area contributed by atoms with Gasteiger partial charge < -0.3 is 5.11 Å². The summed E-state index contributed by atoms with van der Waals surface area (Å²) in [5.41, 5.74) is 1.73. The second-order valence-corrected chi connectivity index (χ2v) is 5.58. The highest BCUT2D eigenvalue weighted by Crippen LogP contribution is 2.43. The summed E-state index contributed by atoms with van der Waals surface area (Å²) in [6.45, 7) is 6.50. The van der Waals surface area contributed by atoms with E-state index in [2.05, 4.69) is 45.0 Å². The molecule has 2 rings (SSSR count). The van der Waals surface area contributed by atoms with Crippen LogP contribution in [0.1, 0.15) is 44.2 Å². The molecule has 1 heteroatoms. The number of aliphatic hydroxyl groups is 1. The Kier molecular flexibility index (Phi) is 3.07. The zero-order chi connectivity index (χ0) is 11.8. The monoisotopic (exact) mass is 218 g/mol. The molecule has 1 aromatic rings. The highest BCUT2D eigenvalue weighted by molar-refractivity contribution is 5.28. The maximum absolute atomic E-state index is 10.9. The lowest BCUT2D eigenvalue weighted by atomic mass is 9.69. The van der Waals surface area contributed by atoms with Crippen LogP contribution in [-0.2, 0) is 5.60 Å². The van der Waals surface area contributed by atoms with Gasteiger partial charge in [-0.1, -0.05) is 50.1 Å². The van der Waals surface area contributed by atoms with Crippen LogP contribution in [-0.4, -0.2) is 5.11 Å². The summed E-state index contributed by atoms with van der Waals surface area (Å²) in [6, 6.07) is 8.34. The minimum absolute atomic E-state index is 0.366. The van der Waals surface area contributed by atoms with Crippen LogP contribution in [0.3, 0.4) is 0 Å². The summed E-state index contributed by atoms with van der Waals surface area (Å²) < 4.78 is 0. The van der Waals surface area contributed by atoms with Crippen LogP contribution in [0, 0.1) is 18.8 Å². The second kappa shape index (κ2) is 4.21. The molecular weight excluding hydrogens is 196 g/mol. The number of hydrogen-bond acceptors (Lipinski definition) is 1. The smallest absolute Gasteiger partial charge is 0.0924 e. The topological polar surface area (TPSA) is 20.2 Å². The Hall–Kier alpha value is -0.820. The van der Waals surface area contributed by atoms with Crippen molar-refractivity contribution < 1.29 is 5.11 Å². The molecule has 1 aromatic carbocycles. The summed E-state index contributed by atoms with van der Waals surface area (Å²) in [7, 11) is 0. The van der Waals surface area contributed by atoms with Gasteiger partial charge in [-0.05, 0) is 37.2 Å². The van der Waals surface area contributed by atoms with Crippen molar-refractivity contribution in [2.75, 3.05) is 0 Å².